The summed E-state index contributed by atoms with van der Waals surface area (Å²) in [6, 6.07) is 0.846. The average Bonchev–Trinajstić information content (AvgIpc) is 2.80. The summed E-state index contributed by atoms with van der Waals surface area (Å²) < 4.78 is 0. The third-order valence-electron chi connectivity index (χ3n) is 4.66. The van der Waals surface area contributed by atoms with Gasteiger partial charge in [-0.2, -0.15) is 0 Å². The fourth-order valence-electron chi connectivity index (χ4n) is 3.15. The maximum absolute atomic E-state index is 11.9. The molecule has 0 radical (unpaired) electrons. The maximum atomic E-state index is 11.9. The molecule has 2 rings (SSSR count). The Morgan fingerprint density at radius 2 is 2.05 bits per heavy atom. The van der Waals surface area contributed by atoms with Gasteiger partial charge in [0.05, 0.1) is 5.92 Å². The highest BCUT2D eigenvalue weighted by atomic mass is 16.4. The molecule has 2 fully saturated rings. The number of carbonyl (C=O) groups is 2. The number of nitrogens with zero attached hydrogens (tertiary/aromatic N) is 2. The number of amides is 1. The number of hydrogen-bond acceptors (Lipinski definition) is 3. The van der Waals surface area contributed by atoms with E-state index in [4.69, 9.17) is 5.11 Å². The lowest BCUT2D eigenvalue weighted by Gasteiger charge is -2.39. The minimum absolute atomic E-state index is 0.0226. The van der Waals surface area contributed by atoms with Crippen molar-refractivity contribution in [3.8, 4) is 0 Å². The third kappa shape index (κ3) is 3.08. The summed E-state index contributed by atoms with van der Waals surface area (Å²) in [5.41, 5.74) is 0. The van der Waals surface area contributed by atoms with Crippen LogP contribution < -0.4 is 0 Å². The van der Waals surface area contributed by atoms with E-state index in [1.807, 2.05) is 4.90 Å². The highest BCUT2D eigenvalue weighted by Crippen LogP contribution is 2.26. The Morgan fingerprint density at radius 1 is 1.42 bits per heavy atom. The summed E-state index contributed by atoms with van der Waals surface area (Å²) in [6.45, 7) is 6.87. The van der Waals surface area contributed by atoms with Gasteiger partial charge in [0.1, 0.15) is 0 Å². The molecule has 2 saturated heterocycles. The molecule has 5 heteroatoms. The van der Waals surface area contributed by atoms with Crippen molar-refractivity contribution < 1.29 is 14.7 Å². The molecule has 0 saturated carbocycles. The average molecular weight is 268 g/mol. The van der Waals surface area contributed by atoms with Crippen LogP contribution in [0, 0.1) is 5.92 Å². The van der Waals surface area contributed by atoms with Crippen molar-refractivity contribution in [2.75, 3.05) is 19.6 Å². The molecule has 2 aliphatic heterocycles. The molecular formula is C14H24N2O3. The molecule has 2 aliphatic rings. The van der Waals surface area contributed by atoms with E-state index in [0.717, 1.165) is 32.4 Å². The molecule has 0 bridgehead atoms. The van der Waals surface area contributed by atoms with Gasteiger partial charge in [-0.1, -0.05) is 6.92 Å². The van der Waals surface area contributed by atoms with Gasteiger partial charge in [-0.3, -0.25) is 9.59 Å². The van der Waals surface area contributed by atoms with Crippen LogP contribution >= 0.6 is 0 Å². The van der Waals surface area contributed by atoms with Crippen LogP contribution in [-0.2, 0) is 9.59 Å². The zero-order valence-electron chi connectivity index (χ0n) is 11.8. The molecule has 0 spiro atoms. The van der Waals surface area contributed by atoms with Crippen molar-refractivity contribution in [2.24, 2.45) is 5.92 Å². The summed E-state index contributed by atoms with van der Waals surface area (Å²) in [4.78, 5) is 27.2. The lowest BCUT2D eigenvalue weighted by molar-refractivity contribution is -0.141. The maximum Gasteiger partial charge on any atom is 0.308 e. The fourth-order valence-corrected chi connectivity index (χ4v) is 3.15. The molecular weight excluding hydrogens is 244 g/mol. The Bertz CT molecular complexity index is 351. The first-order valence-corrected chi connectivity index (χ1v) is 7.29. The van der Waals surface area contributed by atoms with Crippen molar-refractivity contribution in [1.29, 1.82) is 0 Å². The predicted molar refractivity (Wildman–Crippen MR) is 71.8 cm³/mol. The Balaban J connectivity index is 1.88. The molecule has 1 amide bonds. The van der Waals surface area contributed by atoms with Crippen LogP contribution in [0.4, 0.5) is 0 Å². The number of hydrogen-bond donors (Lipinski definition) is 1. The summed E-state index contributed by atoms with van der Waals surface area (Å²) in [5, 5.41) is 9.01. The first kappa shape index (κ1) is 14.3. The zero-order valence-corrected chi connectivity index (χ0v) is 11.8. The number of aliphatic carboxylic acids is 1. The van der Waals surface area contributed by atoms with Gasteiger partial charge >= 0.3 is 5.97 Å². The first-order valence-electron chi connectivity index (χ1n) is 7.29. The van der Waals surface area contributed by atoms with Crippen molar-refractivity contribution >= 4 is 11.9 Å². The molecule has 5 nitrogen and oxygen atoms in total. The van der Waals surface area contributed by atoms with Crippen LogP contribution in [0.2, 0.25) is 0 Å². The topological polar surface area (TPSA) is 60.9 Å². The largest absolute Gasteiger partial charge is 0.481 e. The van der Waals surface area contributed by atoms with Gasteiger partial charge in [0.2, 0.25) is 5.91 Å². The molecule has 108 valence electrons. The molecule has 2 unspecified atom stereocenters. The van der Waals surface area contributed by atoms with Gasteiger partial charge in [0.25, 0.3) is 0 Å². The standard InChI is InChI=1S/C14H24N2O3/c1-3-10(2)15-6-4-12(5-7-15)16-9-11(14(18)19)8-13(16)17/h10-12H,3-9H2,1-2H3,(H,18,19). The first-order chi connectivity index (χ1) is 9.02. The zero-order chi connectivity index (χ0) is 14.0. The van der Waals surface area contributed by atoms with Gasteiger partial charge in [-0.05, 0) is 26.2 Å². The van der Waals surface area contributed by atoms with Crippen molar-refractivity contribution in [1.82, 2.24) is 9.80 Å². The van der Waals surface area contributed by atoms with Crippen molar-refractivity contribution in [3.05, 3.63) is 0 Å². The van der Waals surface area contributed by atoms with Gasteiger partial charge in [-0.15, -0.1) is 0 Å². The highest BCUT2D eigenvalue weighted by molar-refractivity contribution is 5.86. The van der Waals surface area contributed by atoms with Gasteiger partial charge in [0, 0.05) is 38.1 Å². The Labute approximate surface area is 114 Å². The van der Waals surface area contributed by atoms with E-state index in [1.165, 1.54) is 0 Å². The van der Waals surface area contributed by atoms with Crippen LogP contribution in [-0.4, -0.2) is 58.5 Å². The Kier molecular flexibility index (Phi) is 4.45. The molecule has 0 aromatic rings. The summed E-state index contributed by atoms with van der Waals surface area (Å²) in [5.74, 6) is -1.32. The molecule has 0 aliphatic carbocycles. The van der Waals surface area contributed by atoms with E-state index in [-0.39, 0.29) is 18.4 Å². The quantitative estimate of drug-likeness (QED) is 0.832. The number of carboxylic acid groups (broad SMARTS) is 1. The summed E-state index contributed by atoms with van der Waals surface area (Å²) >= 11 is 0. The van der Waals surface area contributed by atoms with Gasteiger partial charge in [-0.25, -0.2) is 0 Å². The Hall–Kier alpha value is -1.10. The second kappa shape index (κ2) is 5.90. The molecule has 0 aromatic carbocycles. The summed E-state index contributed by atoms with van der Waals surface area (Å²) in [6.07, 6.45) is 3.28. The van der Waals surface area contributed by atoms with E-state index in [9.17, 15) is 9.59 Å². The molecule has 2 heterocycles. The summed E-state index contributed by atoms with van der Waals surface area (Å²) in [7, 11) is 0. The van der Waals surface area contributed by atoms with Crippen molar-refractivity contribution in [2.45, 2.75) is 51.6 Å². The van der Waals surface area contributed by atoms with Crippen molar-refractivity contribution in [3.63, 3.8) is 0 Å². The predicted octanol–water partition coefficient (Wildman–Crippen LogP) is 1.18. The smallest absolute Gasteiger partial charge is 0.308 e. The lowest BCUT2D eigenvalue weighted by Crippen LogP contribution is -2.48. The SMILES string of the molecule is CCC(C)N1CCC(N2CC(C(=O)O)CC2=O)CC1. The fraction of sp³-hybridized carbons (Fsp3) is 0.857. The second-order valence-corrected chi connectivity index (χ2v) is 5.81. The molecule has 2 atom stereocenters. The Morgan fingerprint density at radius 3 is 2.53 bits per heavy atom. The van der Waals surface area contributed by atoms with E-state index in [0.29, 0.717) is 12.6 Å². The lowest BCUT2D eigenvalue weighted by atomic mass is 10.0. The molecule has 1 N–H and O–H groups in total. The van der Waals surface area contributed by atoms with Gasteiger partial charge < -0.3 is 14.9 Å². The van der Waals surface area contributed by atoms with E-state index in [1.54, 1.807) is 0 Å². The highest BCUT2D eigenvalue weighted by Gasteiger charge is 2.39. The minimum Gasteiger partial charge on any atom is -0.481 e. The van der Waals surface area contributed by atoms with E-state index in [2.05, 4.69) is 18.7 Å². The molecule has 0 aromatic heterocycles. The van der Waals surface area contributed by atoms with Gasteiger partial charge in [0.15, 0.2) is 0 Å². The minimum atomic E-state index is -0.840. The normalized spacial score (nSPS) is 27.8. The van der Waals surface area contributed by atoms with Crippen LogP contribution in [0.5, 0.6) is 0 Å². The van der Waals surface area contributed by atoms with Crippen LogP contribution in [0.25, 0.3) is 0 Å². The number of rotatable bonds is 4. The molecule has 19 heavy (non-hydrogen) atoms. The number of likely N-dealkylation sites (tertiary alicyclic amines) is 2. The third-order valence-corrected chi connectivity index (χ3v) is 4.66. The van der Waals surface area contributed by atoms with E-state index >= 15 is 0 Å². The van der Waals surface area contributed by atoms with Crippen LogP contribution in [0.15, 0.2) is 0 Å². The second-order valence-electron chi connectivity index (χ2n) is 5.81. The van der Waals surface area contributed by atoms with E-state index < -0.39 is 11.9 Å². The number of piperidine rings is 1. The van der Waals surface area contributed by atoms with Crippen LogP contribution in [0.1, 0.15) is 39.5 Å². The van der Waals surface area contributed by atoms with Crippen LogP contribution in [0.3, 0.4) is 0 Å². The monoisotopic (exact) mass is 268 g/mol. The number of carboxylic acids is 1. The number of carbonyl (C=O) groups excluding carboxylic acids is 1.